The van der Waals surface area contributed by atoms with Gasteiger partial charge in [0.15, 0.2) is 0 Å². The van der Waals surface area contributed by atoms with Crippen molar-refractivity contribution in [1.82, 2.24) is 0 Å². The standard InChI is InChI=1S/C17H19ClN2O/c1-10(2)13-8-7-12(9-11(13)3)21-15-6-4-5-14(18)16(15)17(19)20/h4-10H,1-3H3,(H3,19,20). The number of halogens is 1. The fourth-order valence-electron chi connectivity index (χ4n) is 2.34. The fraction of sp³-hybridized carbons (Fsp3) is 0.235. The molecule has 0 unspecified atom stereocenters. The Morgan fingerprint density at radius 3 is 2.52 bits per heavy atom. The first-order valence-corrected chi connectivity index (χ1v) is 7.19. The largest absolute Gasteiger partial charge is 0.457 e. The van der Waals surface area contributed by atoms with Crippen LogP contribution in [0.2, 0.25) is 5.02 Å². The molecule has 0 saturated heterocycles. The van der Waals surface area contributed by atoms with Crippen LogP contribution in [0, 0.1) is 12.3 Å². The second-order valence-corrected chi connectivity index (χ2v) is 5.71. The lowest BCUT2D eigenvalue weighted by atomic mass is 9.98. The van der Waals surface area contributed by atoms with E-state index < -0.39 is 0 Å². The molecule has 0 spiro atoms. The van der Waals surface area contributed by atoms with E-state index in [1.165, 1.54) is 11.1 Å². The van der Waals surface area contributed by atoms with Crippen molar-refractivity contribution in [1.29, 1.82) is 5.41 Å². The maximum Gasteiger partial charge on any atom is 0.139 e. The summed E-state index contributed by atoms with van der Waals surface area (Å²) in [4.78, 5) is 0. The Bertz CT molecular complexity index is 680. The monoisotopic (exact) mass is 302 g/mol. The van der Waals surface area contributed by atoms with Crippen LogP contribution in [0.3, 0.4) is 0 Å². The highest BCUT2D eigenvalue weighted by atomic mass is 35.5. The molecule has 3 nitrogen and oxygen atoms in total. The number of hydrogen-bond acceptors (Lipinski definition) is 2. The number of ether oxygens (including phenoxy) is 1. The molecule has 0 aliphatic heterocycles. The van der Waals surface area contributed by atoms with Crippen LogP contribution in [0.25, 0.3) is 0 Å². The van der Waals surface area contributed by atoms with Crippen molar-refractivity contribution < 1.29 is 4.74 Å². The van der Waals surface area contributed by atoms with Crippen molar-refractivity contribution >= 4 is 17.4 Å². The highest BCUT2D eigenvalue weighted by molar-refractivity contribution is 6.34. The minimum absolute atomic E-state index is 0.105. The number of nitrogen functional groups attached to an aromatic ring is 1. The highest BCUT2D eigenvalue weighted by Gasteiger charge is 2.12. The van der Waals surface area contributed by atoms with E-state index in [1.54, 1.807) is 18.2 Å². The number of nitrogens with one attached hydrogen (secondary N) is 1. The molecule has 0 aliphatic rings. The van der Waals surface area contributed by atoms with Crippen LogP contribution in [-0.2, 0) is 0 Å². The molecular weight excluding hydrogens is 284 g/mol. The molecule has 0 aliphatic carbocycles. The molecule has 0 radical (unpaired) electrons. The van der Waals surface area contributed by atoms with Gasteiger partial charge in [0, 0.05) is 0 Å². The zero-order valence-corrected chi connectivity index (χ0v) is 13.2. The Labute approximate surface area is 130 Å². The highest BCUT2D eigenvalue weighted by Crippen LogP contribution is 2.31. The van der Waals surface area contributed by atoms with Crippen molar-refractivity contribution in [3.63, 3.8) is 0 Å². The molecule has 2 aromatic rings. The average molecular weight is 303 g/mol. The Balaban J connectivity index is 2.37. The number of hydrogen-bond donors (Lipinski definition) is 2. The van der Waals surface area contributed by atoms with Gasteiger partial charge in [0.25, 0.3) is 0 Å². The predicted molar refractivity (Wildman–Crippen MR) is 87.8 cm³/mol. The zero-order valence-electron chi connectivity index (χ0n) is 12.4. The lowest BCUT2D eigenvalue weighted by Gasteiger charge is -2.14. The quantitative estimate of drug-likeness (QED) is 0.626. The minimum atomic E-state index is -0.105. The van der Waals surface area contributed by atoms with Crippen LogP contribution in [0.4, 0.5) is 0 Å². The Hall–Kier alpha value is -2.00. The number of benzene rings is 2. The summed E-state index contributed by atoms with van der Waals surface area (Å²) < 4.78 is 5.86. The smallest absolute Gasteiger partial charge is 0.139 e. The number of amidine groups is 1. The molecule has 2 rings (SSSR count). The van der Waals surface area contributed by atoms with Crippen LogP contribution in [0.5, 0.6) is 11.5 Å². The van der Waals surface area contributed by atoms with Crippen molar-refractivity contribution in [2.75, 3.05) is 0 Å². The van der Waals surface area contributed by atoms with Gasteiger partial charge in [-0.25, -0.2) is 0 Å². The first-order valence-electron chi connectivity index (χ1n) is 6.81. The van der Waals surface area contributed by atoms with Crippen LogP contribution < -0.4 is 10.5 Å². The molecular formula is C17H19ClN2O. The normalized spacial score (nSPS) is 10.7. The third kappa shape index (κ3) is 3.37. The van der Waals surface area contributed by atoms with Crippen LogP contribution >= 0.6 is 11.6 Å². The Kier molecular flexibility index (Phi) is 4.53. The first-order chi connectivity index (χ1) is 9.90. The van der Waals surface area contributed by atoms with E-state index in [9.17, 15) is 0 Å². The van der Waals surface area contributed by atoms with Gasteiger partial charge in [-0.05, 0) is 48.2 Å². The third-order valence-electron chi connectivity index (χ3n) is 3.34. The lowest BCUT2D eigenvalue weighted by Crippen LogP contribution is -2.13. The summed E-state index contributed by atoms with van der Waals surface area (Å²) in [5.41, 5.74) is 8.47. The van der Waals surface area contributed by atoms with Crippen LogP contribution in [0.15, 0.2) is 36.4 Å². The number of rotatable bonds is 4. The molecule has 21 heavy (non-hydrogen) atoms. The molecule has 3 N–H and O–H groups in total. The maximum atomic E-state index is 7.63. The van der Waals surface area contributed by atoms with Crippen molar-refractivity contribution in [2.24, 2.45) is 5.73 Å². The molecule has 2 aromatic carbocycles. The molecule has 0 fully saturated rings. The second-order valence-electron chi connectivity index (χ2n) is 5.30. The molecule has 0 bridgehead atoms. The van der Waals surface area contributed by atoms with Gasteiger partial charge in [-0.2, -0.15) is 0 Å². The fourth-order valence-corrected chi connectivity index (χ4v) is 2.60. The summed E-state index contributed by atoms with van der Waals surface area (Å²) >= 11 is 6.09. The van der Waals surface area contributed by atoms with Crippen molar-refractivity contribution in [2.45, 2.75) is 26.7 Å². The van der Waals surface area contributed by atoms with E-state index in [0.717, 1.165) is 0 Å². The van der Waals surface area contributed by atoms with Crippen LogP contribution in [-0.4, -0.2) is 5.84 Å². The van der Waals surface area contributed by atoms with Gasteiger partial charge < -0.3 is 10.5 Å². The van der Waals surface area contributed by atoms with E-state index in [2.05, 4.69) is 26.8 Å². The van der Waals surface area contributed by atoms with Gasteiger partial charge in [-0.1, -0.05) is 37.6 Å². The summed E-state index contributed by atoms with van der Waals surface area (Å²) in [6.45, 7) is 6.38. The molecule has 0 heterocycles. The number of nitrogens with two attached hydrogens (primary N) is 1. The van der Waals surface area contributed by atoms with Gasteiger partial charge >= 0.3 is 0 Å². The van der Waals surface area contributed by atoms with E-state index in [4.69, 9.17) is 27.5 Å². The molecule has 0 aromatic heterocycles. The van der Waals surface area contributed by atoms with E-state index in [0.29, 0.717) is 28.0 Å². The SMILES string of the molecule is Cc1cc(Oc2cccc(Cl)c2C(=N)N)ccc1C(C)C. The molecule has 4 heteroatoms. The molecule has 0 saturated carbocycles. The third-order valence-corrected chi connectivity index (χ3v) is 3.65. The topological polar surface area (TPSA) is 59.1 Å². The van der Waals surface area contributed by atoms with Crippen LogP contribution in [0.1, 0.15) is 36.5 Å². The van der Waals surface area contributed by atoms with Gasteiger partial charge in [0.1, 0.15) is 17.3 Å². The summed E-state index contributed by atoms with van der Waals surface area (Å²) in [6.07, 6.45) is 0. The number of aryl methyl sites for hydroxylation is 1. The molecule has 110 valence electrons. The first kappa shape index (κ1) is 15.4. The lowest BCUT2D eigenvalue weighted by molar-refractivity contribution is 0.481. The Morgan fingerprint density at radius 1 is 1.24 bits per heavy atom. The molecule has 0 atom stereocenters. The van der Waals surface area contributed by atoms with Gasteiger partial charge in [-0.3, -0.25) is 5.41 Å². The zero-order chi connectivity index (χ0) is 15.6. The van der Waals surface area contributed by atoms with E-state index in [-0.39, 0.29) is 5.84 Å². The van der Waals surface area contributed by atoms with Gasteiger partial charge in [0.05, 0.1) is 10.6 Å². The summed E-state index contributed by atoms with van der Waals surface area (Å²) in [6, 6.07) is 11.2. The Morgan fingerprint density at radius 2 is 1.95 bits per heavy atom. The maximum absolute atomic E-state index is 7.63. The minimum Gasteiger partial charge on any atom is -0.457 e. The second kappa shape index (κ2) is 6.19. The van der Waals surface area contributed by atoms with E-state index in [1.807, 2.05) is 12.1 Å². The molecule has 0 amide bonds. The van der Waals surface area contributed by atoms with Crippen molar-refractivity contribution in [3.05, 3.63) is 58.1 Å². The van der Waals surface area contributed by atoms with Gasteiger partial charge in [0.2, 0.25) is 0 Å². The predicted octanol–water partition coefficient (Wildman–Crippen LogP) is 4.85. The van der Waals surface area contributed by atoms with Crippen molar-refractivity contribution in [3.8, 4) is 11.5 Å². The summed E-state index contributed by atoms with van der Waals surface area (Å²) in [5, 5.41) is 8.04. The van der Waals surface area contributed by atoms with E-state index >= 15 is 0 Å². The summed E-state index contributed by atoms with van der Waals surface area (Å²) in [5.74, 6) is 1.57. The average Bonchev–Trinajstić information content (AvgIpc) is 2.37. The summed E-state index contributed by atoms with van der Waals surface area (Å²) in [7, 11) is 0. The van der Waals surface area contributed by atoms with Gasteiger partial charge in [-0.15, -0.1) is 0 Å².